The standard InChI is InChI=1S/C9H14N2O/c1-7-6-8(7)9(12)11-5-3-2-4-10/h7-8H,2-3,5-6H2,1H3,(H,11,12). The fourth-order valence-electron chi connectivity index (χ4n) is 1.20. The molecular formula is C9H14N2O. The Balaban J connectivity index is 2.01. The predicted molar refractivity (Wildman–Crippen MR) is 45.1 cm³/mol. The minimum Gasteiger partial charge on any atom is -0.356 e. The van der Waals surface area contributed by atoms with Gasteiger partial charge in [0.2, 0.25) is 5.91 Å². The molecule has 0 aromatic rings. The Bertz CT molecular complexity index is 207. The van der Waals surface area contributed by atoms with Gasteiger partial charge in [-0.2, -0.15) is 5.26 Å². The number of carbonyl (C=O) groups is 1. The molecule has 1 amide bonds. The maximum absolute atomic E-state index is 11.2. The van der Waals surface area contributed by atoms with Crippen LogP contribution in [0, 0.1) is 23.2 Å². The second-order valence-electron chi connectivity index (χ2n) is 3.37. The third kappa shape index (κ3) is 2.54. The van der Waals surface area contributed by atoms with Gasteiger partial charge >= 0.3 is 0 Å². The molecule has 1 rings (SSSR count). The number of nitriles is 1. The van der Waals surface area contributed by atoms with Crippen LogP contribution < -0.4 is 5.32 Å². The zero-order chi connectivity index (χ0) is 8.97. The maximum Gasteiger partial charge on any atom is 0.223 e. The van der Waals surface area contributed by atoms with Crippen LogP contribution in [-0.4, -0.2) is 12.5 Å². The molecule has 66 valence electrons. The molecule has 0 saturated heterocycles. The zero-order valence-corrected chi connectivity index (χ0v) is 7.34. The van der Waals surface area contributed by atoms with Crippen molar-refractivity contribution in [3.05, 3.63) is 0 Å². The normalized spacial score (nSPS) is 26.0. The summed E-state index contributed by atoms with van der Waals surface area (Å²) in [5, 5.41) is 11.1. The number of unbranched alkanes of at least 4 members (excludes halogenated alkanes) is 1. The second kappa shape index (κ2) is 4.10. The molecule has 1 N–H and O–H groups in total. The van der Waals surface area contributed by atoms with E-state index in [1.54, 1.807) is 0 Å². The zero-order valence-electron chi connectivity index (χ0n) is 7.34. The second-order valence-corrected chi connectivity index (χ2v) is 3.37. The van der Waals surface area contributed by atoms with Gasteiger partial charge < -0.3 is 5.32 Å². The van der Waals surface area contributed by atoms with E-state index in [0.717, 1.165) is 12.8 Å². The first kappa shape index (κ1) is 9.05. The molecule has 1 aliphatic rings. The smallest absolute Gasteiger partial charge is 0.223 e. The maximum atomic E-state index is 11.2. The van der Waals surface area contributed by atoms with Gasteiger partial charge in [0.15, 0.2) is 0 Å². The molecule has 3 heteroatoms. The number of hydrogen-bond acceptors (Lipinski definition) is 2. The molecule has 2 unspecified atom stereocenters. The molecule has 0 aliphatic heterocycles. The van der Waals surface area contributed by atoms with Gasteiger partial charge in [0.1, 0.15) is 0 Å². The van der Waals surface area contributed by atoms with Crippen molar-refractivity contribution in [1.82, 2.24) is 5.32 Å². The number of rotatable bonds is 4. The van der Waals surface area contributed by atoms with E-state index in [-0.39, 0.29) is 11.8 Å². The van der Waals surface area contributed by atoms with Crippen LogP contribution in [0.1, 0.15) is 26.2 Å². The Morgan fingerprint density at radius 2 is 2.42 bits per heavy atom. The van der Waals surface area contributed by atoms with Crippen LogP contribution >= 0.6 is 0 Å². The van der Waals surface area contributed by atoms with Gasteiger partial charge in [0, 0.05) is 18.9 Å². The van der Waals surface area contributed by atoms with Crippen LogP contribution in [0.25, 0.3) is 0 Å². The summed E-state index contributed by atoms with van der Waals surface area (Å²) in [7, 11) is 0. The molecule has 2 atom stereocenters. The summed E-state index contributed by atoms with van der Waals surface area (Å²) in [6.45, 7) is 2.73. The Hall–Kier alpha value is -1.04. The number of amides is 1. The largest absolute Gasteiger partial charge is 0.356 e. The summed E-state index contributed by atoms with van der Waals surface area (Å²) in [4.78, 5) is 11.2. The van der Waals surface area contributed by atoms with Crippen LogP contribution in [-0.2, 0) is 4.79 Å². The number of nitrogens with one attached hydrogen (secondary N) is 1. The number of nitrogens with zero attached hydrogens (tertiary/aromatic N) is 1. The van der Waals surface area contributed by atoms with Crippen molar-refractivity contribution in [2.45, 2.75) is 26.2 Å². The Labute approximate surface area is 72.8 Å². The summed E-state index contributed by atoms with van der Waals surface area (Å²) in [6.07, 6.45) is 2.33. The van der Waals surface area contributed by atoms with Crippen LogP contribution in [0.4, 0.5) is 0 Å². The summed E-state index contributed by atoms with van der Waals surface area (Å²) in [5.41, 5.74) is 0. The third-order valence-corrected chi connectivity index (χ3v) is 2.21. The molecular weight excluding hydrogens is 152 g/mol. The van der Waals surface area contributed by atoms with Crippen LogP contribution in [0.2, 0.25) is 0 Å². The first-order valence-electron chi connectivity index (χ1n) is 4.40. The van der Waals surface area contributed by atoms with E-state index in [2.05, 4.69) is 12.2 Å². The van der Waals surface area contributed by atoms with E-state index >= 15 is 0 Å². The van der Waals surface area contributed by atoms with Crippen LogP contribution in [0.5, 0.6) is 0 Å². The average molecular weight is 166 g/mol. The van der Waals surface area contributed by atoms with Crippen LogP contribution in [0.3, 0.4) is 0 Å². The highest BCUT2D eigenvalue weighted by atomic mass is 16.2. The third-order valence-electron chi connectivity index (χ3n) is 2.21. The van der Waals surface area contributed by atoms with E-state index in [9.17, 15) is 4.79 Å². The van der Waals surface area contributed by atoms with Crippen molar-refractivity contribution in [3.63, 3.8) is 0 Å². The lowest BCUT2D eigenvalue weighted by atomic mass is 10.3. The minimum atomic E-state index is 0.167. The van der Waals surface area contributed by atoms with Gasteiger partial charge in [-0.05, 0) is 18.8 Å². The van der Waals surface area contributed by atoms with Gasteiger partial charge in [0.05, 0.1) is 6.07 Å². The van der Waals surface area contributed by atoms with Crippen LogP contribution in [0.15, 0.2) is 0 Å². The van der Waals surface area contributed by atoms with E-state index < -0.39 is 0 Å². The first-order valence-corrected chi connectivity index (χ1v) is 4.40. The molecule has 1 fully saturated rings. The molecule has 3 nitrogen and oxygen atoms in total. The average Bonchev–Trinajstić information content (AvgIpc) is 2.76. The van der Waals surface area contributed by atoms with E-state index in [0.29, 0.717) is 18.9 Å². The van der Waals surface area contributed by atoms with Crippen molar-refractivity contribution in [2.75, 3.05) is 6.54 Å². The highest BCUT2D eigenvalue weighted by Gasteiger charge is 2.38. The molecule has 0 aromatic heterocycles. The van der Waals surface area contributed by atoms with Crippen molar-refractivity contribution < 1.29 is 4.79 Å². The van der Waals surface area contributed by atoms with Gasteiger partial charge in [0.25, 0.3) is 0 Å². The highest BCUT2D eigenvalue weighted by Crippen LogP contribution is 2.37. The van der Waals surface area contributed by atoms with Crippen molar-refractivity contribution in [3.8, 4) is 6.07 Å². The SMILES string of the molecule is CC1CC1C(=O)NCCCC#N. The van der Waals surface area contributed by atoms with Gasteiger partial charge in [-0.1, -0.05) is 6.92 Å². The lowest BCUT2D eigenvalue weighted by Crippen LogP contribution is -2.26. The lowest BCUT2D eigenvalue weighted by molar-refractivity contribution is -0.122. The van der Waals surface area contributed by atoms with Crippen molar-refractivity contribution in [2.24, 2.45) is 11.8 Å². The Morgan fingerprint density at radius 3 is 2.92 bits per heavy atom. The fraction of sp³-hybridized carbons (Fsp3) is 0.778. The number of hydrogen-bond donors (Lipinski definition) is 1. The summed E-state index contributed by atoms with van der Waals surface area (Å²) in [6, 6.07) is 2.04. The molecule has 0 bridgehead atoms. The molecule has 1 aliphatic carbocycles. The molecule has 0 spiro atoms. The highest BCUT2D eigenvalue weighted by molar-refractivity contribution is 5.81. The van der Waals surface area contributed by atoms with Crippen molar-refractivity contribution >= 4 is 5.91 Å². The molecule has 0 heterocycles. The Kier molecular flexibility index (Phi) is 3.09. The minimum absolute atomic E-state index is 0.167. The topological polar surface area (TPSA) is 52.9 Å². The lowest BCUT2D eigenvalue weighted by Gasteiger charge is -2.00. The summed E-state index contributed by atoms with van der Waals surface area (Å²) < 4.78 is 0. The van der Waals surface area contributed by atoms with E-state index in [1.807, 2.05) is 6.07 Å². The summed E-state index contributed by atoms with van der Waals surface area (Å²) >= 11 is 0. The monoisotopic (exact) mass is 166 g/mol. The molecule has 0 aromatic carbocycles. The molecule has 12 heavy (non-hydrogen) atoms. The summed E-state index contributed by atoms with van der Waals surface area (Å²) in [5.74, 6) is 0.994. The predicted octanol–water partition coefficient (Wildman–Crippen LogP) is 1.06. The Morgan fingerprint density at radius 1 is 1.75 bits per heavy atom. The van der Waals surface area contributed by atoms with Crippen molar-refractivity contribution in [1.29, 1.82) is 5.26 Å². The fourth-order valence-corrected chi connectivity index (χ4v) is 1.20. The number of carbonyl (C=O) groups excluding carboxylic acids is 1. The van der Waals surface area contributed by atoms with E-state index in [4.69, 9.17) is 5.26 Å². The van der Waals surface area contributed by atoms with E-state index in [1.165, 1.54) is 0 Å². The van der Waals surface area contributed by atoms with Gasteiger partial charge in [-0.25, -0.2) is 0 Å². The quantitative estimate of drug-likeness (QED) is 0.635. The van der Waals surface area contributed by atoms with Gasteiger partial charge in [-0.3, -0.25) is 4.79 Å². The molecule has 0 radical (unpaired) electrons. The first-order chi connectivity index (χ1) is 5.75. The molecule has 1 saturated carbocycles. The van der Waals surface area contributed by atoms with Gasteiger partial charge in [-0.15, -0.1) is 0 Å².